The third-order valence-corrected chi connectivity index (χ3v) is 5.34. The van der Waals surface area contributed by atoms with Crippen LogP contribution in [0.4, 0.5) is 0 Å². The molecule has 3 aromatic carbocycles. The molecule has 0 bridgehead atoms. The summed E-state index contributed by atoms with van der Waals surface area (Å²) in [5.41, 5.74) is 2.34. The maximum atomic E-state index is 13.0. The van der Waals surface area contributed by atoms with Crippen molar-refractivity contribution in [2.45, 2.75) is 6.04 Å². The minimum atomic E-state index is -0.864. The summed E-state index contributed by atoms with van der Waals surface area (Å²) in [5.74, 6) is -0.876. The Kier molecular flexibility index (Phi) is 5.26. The third-order valence-electron chi connectivity index (χ3n) is 4.81. The molecule has 2 atom stereocenters. The molecular weight excluding hydrogens is 418 g/mol. The van der Waals surface area contributed by atoms with Gasteiger partial charge in [-0.15, -0.1) is 0 Å². The molecule has 4 rings (SSSR count). The number of nitrogens with one attached hydrogen (secondary N) is 1. The first kappa shape index (κ1) is 18.4. The number of fused-ring (bicyclic) bond motifs is 1. The molecule has 1 N–H and O–H groups in total. The number of hydrogen-bond acceptors (Lipinski definition) is 3. The highest BCUT2D eigenvalue weighted by Crippen LogP contribution is 2.29. The minimum absolute atomic E-state index is 0.0452. The summed E-state index contributed by atoms with van der Waals surface area (Å²) in [6, 6.07) is 24.2. The number of Topliss-reactive ketones (excluding diaryl/α,β-unsaturated/α-hetero) is 1. The molecule has 1 heterocycles. The largest absolute Gasteiger partial charge is 0.492 e. The number of hydrogen-bond donors (Lipinski definition) is 1. The van der Waals surface area contributed by atoms with Crippen molar-refractivity contribution in [2.24, 2.45) is 5.92 Å². The Labute approximate surface area is 171 Å². The van der Waals surface area contributed by atoms with Crippen molar-refractivity contribution in [3.63, 3.8) is 0 Å². The first-order valence-corrected chi connectivity index (χ1v) is 9.79. The Morgan fingerprint density at radius 2 is 1.57 bits per heavy atom. The van der Waals surface area contributed by atoms with Gasteiger partial charge in [-0.3, -0.25) is 9.59 Å². The van der Waals surface area contributed by atoms with Crippen LogP contribution in [0.1, 0.15) is 27.5 Å². The fourth-order valence-electron chi connectivity index (χ4n) is 3.33. The van der Waals surface area contributed by atoms with Crippen LogP contribution in [-0.4, -0.2) is 18.3 Å². The van der Waals surface area contributed by atoms with Gasteiger partial charge in [-0.25, -0.2) is 0 Å². The van der Waals surface area contributed by atoms with Crippen LogP contribution in [0.5, 0.6) is 5.75 Å². The van der Waals surface area contributed by atoms with Gasteiger partial charge in [0.05, 0.1) is 11.6 Å². The smallest absolute Gasteiger partial charge is 0.235 e. The van der Waals surface area contributed by atoms with E-state index in [0.29, 0.717) is 11.3 Å². The normalized spacial score (nSPS) is 16.6. The van der Waals surface area contributed by atoms with Crippen LogP contribution in [0, 0.1) is 5.92 Å². The second kappa shape index (κ2) is 7.98. The first-order valence-electron chi connectivity index (χ1n) is 9.00. The Balaban J connectivity index is 1.61. The summed E-state index contributed by atoms with van der Waals surface area (Å²) < 4.78 is 6.61. The van der Waals surface area contributed by atoms with Crippen LogP contribution < -0.4 is 10.1 Å². The van der Waals surface area contributed by atoms with Crippen molar-refractivity contribution >= 4 is 27.6 Å². The van der Waals surface area contributed by atoms with Crippen molar-refractivity contribution in [3.05, 3.63) is 100 Å². The van der Waals surface area contributed by atoms with E-state index >= 15 is 0 Å². The van der Waals surface area contributed by atoms with E-state index in [2.05, 4.69) is 21.2 Å². The van der Waals surface area contributed by atoms with Crippen molar-refractivity contribution in [3.8, 4) is 5.75 Å². The maximum Gasteiger partial charge on any atom is 0.235 e. The molecule has 0 aliphatic carbocycles. The number of benzene rings is 3. The summed E-state index contributed by atoms with van der Waals surface area (Å²) in [6.07, 6.45) is 0. The van der Waals surface area contributed by atoms with Crippen LogP contribution in [-0.2, 0) is 4.79 Å². The standard InChI is InChI=1S/C23H18BrNO3/c24-17-12-10-16(11-13-17)21(15-6-2-1-3-7-15)25-23(27)19-14-28-20-9-5-4-8-18(20)22(19)26/h1-13,19,21H,14H2,(H,25,27). The van der Waals surface area contributed by atoms with Crippen molar-refractivity contribution in [1.82, 2.24) is 5.32 Å². The molecule has 1 aliphatic rings. The molecule has 1 aliphatic heterocycles. The average Bonchev–Trinajstić information content (AvgIpc) is 2.74. The van der Waals surface area contributed by atoms with E-state index in [1.807, 2.05) is 60.7 Å². The second-order valence-corrected chi connectivity index (χ2v) is 7.54. The number of halogens is 1. The molecule has 2 unspecified atom stereocenters. The molecule has 28 heavy (non-hydrogen) atoms. The lowest BCUT2D eigenvalue weighted by molar-refractivity contribution is -0.125. The molecule has 4 nitrogen and oxygen atoms in total. The van der Waals surface area contributed by atoms with Gasteiger partial charge in [0.1, 0.15) is 18.3 Å². The van der Waals surface area contributed by atoms with Crippen molar-refractivity contribution in [2.75, 3.05) is 6.61 Å². The maximum absolute atomic E-state index is 13.0. The van der Waals surface area contributed by atoms with E-state index in [9.17, 15) is 9.59 Å². The van der Waals surface area contributed by atoms with Gasteiger partial charge in [-0.05, 0) is 35.4 Å². The number of rotatable bonds is 4. The van der Waals surface area contributed by atoms with Crippen LogP contribution >= 0.6 is 15.9 Å². The minimum Gasteiger partial charge on any atom is -0.492 e. The summed E-state index contributed by atoms with van der Waals surface area (Å²) in [6.45, 7) is 0.0452. The van der Waals surface area contributed by atoms with E-state index in [0.717, 1.165) is 15.6 Å². The van der Waals surface area contributed by atoms with Crippen LogP contribution in [0.3, 0.4) is 0 Å². The fraction of sp³-hybridized carbons (Fsp3) is 0.130. The topological polar surface area (TPSA) is 55.4 Å². The van der Waals surface area contributed by atoms with Gasteiger partial charge in [0, 0.05) is 4.47 Å². The van der Waals surface area contributed by atoms with Gasteiger partial charge in [0.25, 0.3) is 0 Å². The Bertz CT molecular complexity index is 1000. The summed E-state index contributed by atoms with van der Waals surface area (Å²) in [5, 5.41) is 3.04. The molecule has 0 fully saturated rings. The number of ketones is 1. The van der Waals surface area contributed by atoms with E-state index < -0.39 is 5.92 Å². The lowest BCUT2D eigenvalue weighted by atomic mass is 9.92. The number of carbonyl (C=O) groups is 2. The summed E-state index contributed by atoms with van der Waals surface area (Å²) >= 11 is 3.44. The van der Waals surface area contributed by atoms with E-state index in [1.165, 1.54) is 0 Å². The lowest BCUT2D eigenvalue weighted by Crippen LogP contribution is -2.42. The molecule has 1 amide bonds. The SMILES string of the molecule is O=C(NC(c1ccccc1)c1ccc(Br)cc1)C1COc2ccccc2C1=O. The lowest BCUT2D eigenvalue weighted by Gasteiger charge is -2.26. The monoisotopic (exact) mass is 435 g/mol. The van der Waals surface area contributed by atoms with Gasteiger partial charge in [0.15, 0.2) is 5.78 Å². The zero-order valence-corrected chi connectivity index (χ0v) is 16.6. The fourth-order valence-corrected chi connectivity index (χ4v) is 3.59. The molecule has 0 saturated heterocycles. The van der Waals surface area contributed by atoms with E-state index in [1.54, 1.807) is 18.2 Å². The van der Waals surface area contributed by atoms with Gasteiger partial charge >= 0.3 is 0 Å². The zero-order valence-electron chi connectivity index (χ0n) is 15.0. The van der Waals surface area contributed by atoms with Crippen LogP contribution in [0.15, 0.2) is 83.3 Å². The van der Waals surface area contributed by atoms with Crippen molar-refractivity contribution < 1.29 is 14.3 Å². The molecule has 0 aromatic heterocycles. The first-order chi connectivity index (χ1) is 13.6. The van der Waals surface area contributed by atoms with Gasteiger partial charge in [-0.2, -0.15) is 0 Å². The molecule has 5 heteroatoms. The highest BCUT2D eigenvalue weighted by molar-refractivity contribution is 9.10. The number of ether oxygens (including phenoxy) is 1. The molecule has 0 spiro atoms. The summed E-state index contributed by atoms with van der Waals surface area (Å²) in [7, 11) is 0. The molecule has 0 saturated carbocycles. The Hall–Kier alpha value is -2.92. The van der Waals surface area contributed by atoms with Crippen molar-refractivity contribution in [1.29, 1.82) is 0 Å². The molecule has 140 valence electrons. The predicted octanol–water partition coefficient (Wildman–Crippen LogP) is 4.55. The highest BCUT2D eigenvalue weighted by atomic mass is 79.9. The molecule has 0 radical (unpaired) electrons. The highest BCUT2D eigenvalue weighted by Gasteiger charge is 2.35. The number of para-hydroxylation sites is 1. The second-order valence-electron chi connectivity index (χ2n) is 6.63. The quantitative estimate of drug-likeness (QED) is 0.611. The van der Waals surface area contributed by atoms with Crippen LogP contribution in [0.25, 0.3) is 0 Å². The Morgan fingerprint density at radius 1 is 0.929 bits per heavy atom. The molecule has 3 aromatic rings. The van der Waals surface area contributed by atoms with Gasteiger partial charge in [-0.1, -0.05) is 70.5 Å². The van der Waals surface area contributed by atoms with Gasteiger partial charge < -0.3 is 10.1 Å². The van der Waals surface area contributed by atoms with E-state index in [4.69, 9.17) is 4.74 Å². The van der Waals surface area contributed by atoms with Gasteiger partial charge in [0.2, 0.25) is 5.91 Å². The number of carbonyl (C=O) groups excluding carboxylic acids is 2. The Morgan fingerprint density at radius 3 is 2.32 bits per heavy atom. The number of amides is 1. The summed E-state index contributed by atoms with van der Waals surface area (Å²) in [4.78, 5) is 25.8. The molecular formula is C23H18BrNO3. The predicted molar refractivity (Wildman–Crippen MR) is 110 cm³/mol. The third kappa shape index (κ3) is 3.71. The average molecular weight is 436 g/mol. The zero-order chi connectivity index (χ0) is 19.5. The van der Waals surface area contributed by atoms with E-state index in [-0.39, 0.29) is 24.3 Å². The van der Waals surface area contributed by atoms with Crippen LogP contribution in [0.2, 0.25) is 0 Å².